The standard InChI is InChI=1S/C21H28N4O3/c1-15-5-7-17(8-6-15)18-22-19(28-23-18)16(2)24-10-12-25(13-11-24)20(26)21(3)9-4-14-27-21/h5-8,16H,4,9-14H2,1-3H3/t16-,21+/m0/s1. The molecular weight excluding hydrogens is 356 g/mol. The van der Waals surface area contributed by atoms with Gasteiger partial charge in [0.1, 0.15) is 5.60 Å². The third-order valence-electron chi connectivity index (χ3n) is 5.93. The molecule has 3 heterocycles. The van der Waals surface area contributed by atoms with E-state index in [1.54, 1.807) is 0 Å². The van der Waals surface area contributed by atoms with E-state index in [4.69, 9.17) is 9.26 Å². The van der Waals surface area contributed by atoms with Gasteiger partial charge in [0.05, 0.1) is 6.04 Å². The highest BCUT2D eigenvalue weighted by atomic mass is 16.5. The van der Waals surface area contributed by atoms with Gasteiger partial charge < -0.3 is 14.2 Å². The molecule has 7 nitrogen and oxygen atoms in total. The van der Waals surface area contributed by atoms with Crippen molar-refractivity contribution in [3.05, 3.63) is 35.7 Å². The molecule has 2 fully saturated rings. The van der Waals surface area contributed by atoms with Crippen molar-refractivity contribution in [3.63, 3.8) is 0 Å². The van der Waals surface area contributed by atoms with Crippen molar-refractivity contribution in [1.29, 1.82) is 0 Å². The molecule has 0 unspecified atom stereocenters. The molecule has 2 aromatic rings. The molecule has 2 saturated heterocycles. The summed E-state index contributed by atoms with van der Waals surface area (Å²) in [5, 5.41) is 4.14. The van der Waals surface area contributed by atoms with Gasteiger partial charge in [0.25, 0.3) is 5.91 Å². The van der Waals surface area contributed by atoms with E-state index >= 15 is 0 Å². The molecule has 4 rings (SSSR count). The number of carbonyl (C=O) groups is 1. The lowest BCUT2D eigenvalue weighted by atomic mass is 10.0. The van der Waals surface area contributed by atoms with Crippen molar-refractivity contribution in [2.24, 2.45) is 0 Å². The fourth-order valence-electron chi connectivity index (χ4n) is 3.98. The number of nitrogens with zero attached hydrogens (tertiary/aromatic N) is 4. The zero-order valence-electron chi connectivity index (χ0n) is 16.9. The molecule has 0 saturated carbocycles. The number of benzene rings is 1. The monoisotopic (exact) mass is 384 g/mol. The van der Waals surface area contributed by atoms with Gasteiger partial charge in [-0.05, 0) is 33.6 Å². The minimum absolute atomic E-state index is 0.0160. The number of aryl methyl sites for hydroxylation is 1. The summed E-state index contributed by atoms with van der Waals surface area (Å²) in [5.74, 6) is 1.35. The summed E-state index contributed by atoms with van der Waals surface area (Å²) in [6.45, 7) is 9.68. The average Bonchev–Trinajstić information content (AvgIpc) is 3.38. The number of amides is 1. The predicted molar refractivity (Wildman–Crippen MR) is 105 cm³/mol. The van der Waals surface area contributed by atoms with Crippen LogP contribution in [0.25, 0.3) is 11.4 Å². The van der Waals surface area contributed by atoms with Gasteiger partial charge in [-0.3, -0.25) is 9.69 Å². The number of carbonyl (C=O) groups excluding carboxylic acids is 1. The second-order valence-electron chi connectivity index (χ2n) is 8.01. The third kappa shape index (κ3) is 3.69. The first-order valence-electron chi connectivity index (χ1n) is 10.0. The molecule has 7 heteroatoms. The van der Waals surface area contributed by atoms with Crippen LogP contribution in [0.15, 0.2) is 28.8 Å². The number of aromatic nitrogens is 2. The maximum absolute atomic E-state index is 12.8. The molecule has 1 aromatic heterocycles. The highest BCUT2D eigenvalue weighted by Crippen LogP contribution is 2.29. The number of hydrogen-bond acceptors (Lipinski definition) is 6. The quantitative estimate of drug-likeness (QED) is 0.807. The van der Waals surface area contributed by atoms with Crippen LogP contribution in [-0.4, -0.2) is 64.2 Å². The van der Waals surface area contributed by atoms with Gasteiger partial charge >= 0.3 is 0 Å². The van der Waals surface area contributed by atoms with Gasteiger partial charge in [-0.25, -0.2) is 0 Å². The lowest BCUT2D eigenvalue weighted by Crippen LogP contribution is -2.55. The minimum atomic E-state index is -0.636. The van der Waals surface area contributed by atoms with E-state index in [0.717, 1.165) is 31.5 Å². The summed E-state index contributed by atoms with van der Waals surface area (Å²) in [5.41, 5.74) is 1.52. The first-order valence-corrected chi connectivity index (χ1v) is 10.0. The molecule has 2 atom stereocenters. The summed E-state index contributed by atoms with van der Waals surface area (Å²) >= 11 is 0. The van der Waals surface area contributed by atoms with Crippen LogP contribution in [0, 0.1) is 6.92 Å². The first-order chi connectivity index (χ1) is 13.5. The third-order valence-corrected chi connectivity index (χ3v) is 5.93. The van der Waals surface area contributed by atoms with Crippen LogP contribution in [-0.2, 0) is 9.53 Å². The molecule has 0 bridgehead atoms. The van der Waals surface area contributed by atoms with E-state index in [0.29, 0.717) is 31.4 Å². The van der Waals surface area contributed by atoms with E-state index < -0.39 is 5.60 Å². The molecule has 2 aliphatic heterocycles. The van der Waals surface area contributed by atoms with Crippen LogP contribution < -0.4 is 0 Å². The maximum atomic E-state index is 12.8. The number of hydrogen-bond donors (Lipinski definition) is 0. The maximum Gasteiger partial charge on any atom is 0.254 e. The second-order valence-corrected chi connectivity index (χ2v) is 8.01. The van der Waals surface area contributed by atoms with E-state index in [-0.39, 0.29) is 11.9 Å². The Morgan fingerprint density at radius 3 is 2.54 bits per heavy atom. The number of rotatable bonds is 4. The summed E-state index contributed by atoms with van der Waals surface area (Å²) in [4.78, 5) is 21.6. The molecule has 28 heavy (non-hydrogen) atoms. The molecular formula is C21H28N4O3. The van der Waals surface area contributed by atoms with Gasteiger partial charge in [-0.2, -0.15) is 4.98 Å². The highest BCUT2D eigenvalue weighted by molar-refractivity contribution is 5.85. The van der Waals surface area contributed by atoms with Crippen molar-refractivity contribution >= 4 is 5.91 Å². The van der Waals surface area contributed by atoms with Crippen LogP contribution >= 0.6 is 0 Å². The van der Waals surface area contributed by atoms with E-state index in [9.17, 15) is 4.79 Å². The zero-order valence-corrected chi connectivity index (χ0v) is 16.9. The predicted octanol–water partition coefficient (Wildman–Crippen LogP) is 2.82. The first kappa shape index (κ1) is 19.1. The van der Waals surface area contributed by atoms with Gasteiger partial charge in [-0.1, -0.05) is 35.0 Å². The molecule has 2 aliphatic rings. The van der Waals surface area contributed by atoms with E-state index in [1.165, 1.54) is 5.56 Å². The Morgan fingerprint density at radius 1 is 1.18 bits per heavy atom. The van der Waals surface area contributed by atoms with Crippen molar-refractivity contribution in [2.75, 3.05) is 32.8 Å². The van der Waals surface area contributed by atoms with Crippen LogP contribution in [0.2, 0.25) is 0 Å². The molecule has 0 N–H and O–H groups in total. The number of ether oxygens (including phenoxy) is 1. The van der Waals surface area contributed by atoms with E-state index in [1.807, 2.05) is 36.1 Å². The zero-order chi connectivity index (χ0) is 19.7. The molecule has 1 aromatic carbocycles. The van der Waals surface area contributed by atoms with E-state index in [2.05, 4.69) is 28.9 Å². The summed E-state index contributed by atoms with van der Waals surface area (Å²) in [7, 11) is 0. The number of piperazine rings is 1. The summed E-state index contributed by atoms with van der Waals surface area (Å²) in [6, 6.07) is 8.11. The largest absolute Gasteiger partial charge is 0.365 e. The normalized spacial score (nSPS) is 24.5. The Kier molecular flexibility index (Phi) is 5.21. The SMILES string of the molecule is Cc1ccc(-c2noc([C@H](C)N3CCN(C(=O)[C@@]4(C)CCCO4)CC3)n2)cc1. The van der Waals surface area contributed by atoms with Crippen LogP contribution in [0.3, 0.4) is 0 Å². The molecule has 0 spiro atoms. The Bertz CT molecular complexity index is 818. The van der Waals surface area contributed by atoms with Crippen molar-refractivity contribution in [2.45, 2.75) is 45.3 Å². The van der Waals surface area contributed by atoms with Gasteiger partial charge in [-0.15, -0.1) is 0 Å². The Morgan fingerprint density at radius 2 is 1.89 bits per heavy atom. The van der Waals surface area contributed by atoms with Crippen molar-refractivity contribution in [3.8, 4) is 11.4 Å². The average molecular weight is 384 g/mol. The summed E-state index contributed by atoms with van der Waals surface area (Å²) in [6.07, 6.45) is 1.77. The fourth-order valence-corrected chi connectivity index (χ4v) is 3.98. The van der Waals surface area contributed by atoms with Gasteiger partial charge in [0.15, 0.2) is 0 Å². The highest BCUT2D eigenvalue weighted by Gasteiger charge is 2.41. The summed E-state index contributed by atoms with van der Waals surface area (Å²) < 4.78 is 11.2. The molecule has 0 aliphatic carbocycles. The molecule has 0 radical (unpaired) electrons. The van der Waals surface area contributed by atoms with Gasteiger partial charge in [0, 0.05) is 38.3 Å². The van der Waals surface area contributed by atoms with Crippen molar-refractivity contribution < 1.29 is 14.1 Å². The lowest BCUT2D eigenvalue weighted by Gasteiger charge is -2.39. The topological polar surface area (TPSA) is 71.7 Å². The van der Waals surface area contributed by atoms with Crippen molar-refractivity contribution in [1.82, 2.24) is 19.9 Å². The minimum Gasteiger partial charge on any atom is -0.365 e. The Hall–Kier alpha value is -2.25. The Labute approximate surface area is 165 Å². The van der Waals surface area contributed by atoms with Gasteiger partial charge in [0.2, 0.25) is 11.7 Å². The smallest absolute Gasteiger partial charge is 0.254 e. The van der Waals surface area contributed by atoms with Crippen LogP contribution in [0.4, 0.5) is 0 Å². The van der Waals surface area contributed by atoms with Crippen LogP contribution in [0.5, 0.6) is 0 Å². The van der Waals surface area contributed by atoms with Crippen LogP contribution in [0.1, 0.15) is 44.2 Å². The Balaban J connectivity index is 1.37. The molecule has 150 valence electrons. The lowest BCUT2D eigenvalue weighted by molar-refractivity contribution is -0.153. The second kappa shape index (κ2) is 7.64. The molecule has 1 amide bonds. The fraction of sp³-hybridized carbons (Fsp3) is 0.571.